The number of carbonyl (C=O) groups excluding carboxylic acids is 1. The van der Waals surface area contributed by atoms with E-state index in [4.69, 9.17) is 0 Å². The average molecular weight is 404 g/mol. The van der Waals surface area contributed by atoms with Gasteiger partial charge in [0, 0.05) is 12.6 Å². The lowest BCUT2D eigenvalue weighted by atomic mass is 10.0. The first-order valence-electron chi connectivity index (χ1n) is 8.79. The molecule has 0 saturated heterocycles. The van der Waals surface area contributed by atoms with Crippen molar-refractivity contribution in [3.05, 3.63) is 54.1 Å². The summed E-state index contributed by atoms with van der Waals surface area (Å²) in [4.78, 5) is 22.8. The molecule has 0 fully saturated rings. The van der Waals surface area contributed by atoms with E-state index in [0.717, 1.165) is 9.87 Å². The third kappa shape index (κ3) is 4.51. The van der Waals surface area contributed by atoms with Crippen LogP contribution >= 0.6 is 0 Å². The minimum Gasteiger partial charge on any atom is -0.480 e. The quantitative estimate of drug-likeness (QED) is 0.736. The lowest BCUT2D eigenvalue weighted by Gasteiger charge is -2.30. The van der Waals surface area contributed by atoms with Crippen LogP contribution in [0.4, 0.5) is 11.4 Å². The number of benzene rings is 2. The van der Waals surface area contributed by atoms with Crippen LogP contribution in [0.5, 0.6) is 0 Å². The van der Waals surface area contributed by atoms with E-state index in [9.17, 15) is 23.1 Å². The molecule has 0 aromatic heterocycles. The second-order valence-electron chi connectivity index (χ2n) is 6.73. The molecule has 7 nitrogen and oxygen atoms in total. The maximum absolute atomic E-state index is 13.4. The summed E-state index contributed by atoms with van der Waals surface area (Å²) in [5.74, 6) is -1.53. The molecule has 1 unspecified atom stereocenters. The van der Waals surface area contributed by atoms with Crippen LogP contribution in [0.2, 0.25) is 0 Å². The molecule has 0 spiro atoms. The zero-order chi connectivity index (χ0) is 21.1. The number of rotatable bonds is 7. The average Bonchev–Trinajstić information content (AvgIpc) is 2.61. The number of carboxylic acid groups (broad SMARTS) is 1. The molecule has 2 aromatic rings. The Kier molecular flexibility index (Phi) is 6.45. The van der Waals surface area contributed by atoms with E-state index < -0.39 is 22.0 Å². The van der Waals surface area contributed by atoms with Gasteiger partial charge in [-0.1, -0.05) is 32.0 Å². The molecule has 0 aliphatic rings. The summed E-state index contributed by atoms with van der Waals surface area (Å²) in [6.07, 6.45) is 0. The highest BCUT2D eigenvalue weighted by atomic mass is 32.2. The lowest BCUT2D eigenvalue weighted by Crippen LogP contribution is -2.44. The molecule has 1 atom stereocenters. The third-order valence-corrected chi connectivity index (χ3v) is 6.14. The molecule has 0 bridgehead atoms. The molecular weight excluding hydrogens is 380 g/mol. The Hall–Kier alpha value is -2.87. The second-order valence-corrected chi connectivity index (χ2v) is 8.55. The summed E-state index contributed by atoms with van der Waals surface area (Å²) in [6.45, 7) is 6.51. The Morgan fingerprint density at radius 1 is 1.00 bits per heavy atom. The maximum Gasteiger partial charge on any atom is 0.327 e. The van der Waals surface area contributed by atoms with Crippen LogP contribution in [-0.4, -0.2) is 31.4 Å². The van der Waals surface area contributed by atoms with Crippen LogP contribution in [-0.2, 0) is 19.6 Å². The molecule has 2 N–H and O–H groups in total. The fourth-order valence-electron chi connectivity index (χ4n) is 2.85. The molecule has 8 heteroatoms. The van der Waals surface area contributed by atoms with Gasteiger partial charge >= 0.3 is 5.97 Å². The van der Waals surface area contributed by atoms with Crippen LogP contribution in [0.25, 0.3) is 0 Å². The van der Waals surface area contributed by atoms with Crippen LogP contribution < -0.4 is 9.62 Å². The Morgan fingerprint density at radius 2 is 1.57 bits per heavy atom. The number of nitrogens with zero attached hydrogens (tertiary/aromatic N) is 1. The zero-order valence-electron chi connectivity index (χ0n) is 16.2. The van der Waals surface area contributed by atoms with Gasteiger partial charge in [0.15, 0.2) is 0 Å². The molecule has 0 aliphatic carbocycles. The highest BCUT2D eigenvalue weighted by Gasteiger charge is 2.34. The van der Waals surface area contributed by atoms with Crippen molar-refractivity contribution in [3.63, 3.8) is 0 Å². The highest BCUT2D eigenvalue weighted by molar-refractivity contribution is 7.93. The van der Waals surface area contributed by atoms with Crippen molar-refractivity contribution in [1.29, 1.82) is 0 Å². The summed E-state index contributed by atoms with van der Waals surface area (Å²) in [5, 5.41) is 12.1. The number of para-hydroxylation sites is 1. The normalized spacial score (nSPS) is 12.5. The Labute approximate surface area is 165 Å². The lowest BCUT2D eigenvalue weighted by molar-refractivity contribution is -0.137. The van der Waals surface area contributed by atoms with Gasteiger partial charge in [-0.15, -0.1) is 0 Å². The van der Waals surface area contributed by atoms with E-state index >= 15 is 0 Å². The van der Waals surface area contributed by atoms with Gasteiger partial charge < -0.3 is 10.4 Å². The Balaban J connectivity index is 2.61. The standard InChI is InChI=1S/C20H24N2O5S/c1-13(2)18-7-5-6-8-19(18)22(14(3)20(24)25)28(26,27)17-11-9-16(10-12-17)21-15(4)23/h5-14H,1-4H3,(H,21,23)(H,24,25). The topological polar surface area (TPSA) is 104 Å². The van der Waals surface area contributed by atoms with Gasteiger partial charge in [-0.2, -0.15) is 0 Å². The monoisotopic (exact) mass is 404 g/mol. The van der Waals surface area contributed by atoms with Crippen LogP contribution in [0.1, 0.15) is 39.2 Å². The van der Waals surface area contributed by atoms with Crippen molar-refractivity contribution < 1.29 is 23.1 Å². The first-order valence-corrected chi connectivity index (χ1v) is 10.2. The fourth-order valence-corrected chi connectivity index (χ4v) is 4.49. The largest absolute Gasteiger partial charge is 0.480 e. The number of carbonyl (C=O) groups is 2. The number of amides is 1. The van der Waals surface area contributed by atoms with Gasteiger partial charge in [0.05, 0.1) is 10.6 Å². The summed E-state index contributed by atoms with van der Waals surface area (Å²) in [5.41, 5.74) is 1.51. The van der Waals surface area contributed by atoms with E-state index in [1.807, 2.05) is 13.8 Å². The molecule has 150 valence electrons. The zero-order valence-corrected chi connectivity index (χ0v) is 17.0. The molecule has 1 amide bonds. The number of nitrogens with one attached hydrogen (secondary N) is 1. The van der Waals surface area contributed by atoms with Crippen molar-refractivity contribution in [3.8, 4) is 0 Å². The number of carboxylic acids is 1. The number of hydrogen-bond donors (Lipinski definition) is 2. The summed E-state index contributed by atoms with van der Waals surface area (Å²) >= 11 is 0. The molecule has 0 saturated carbocycles. The molecule has 2 aromatic carbocycles. The van der Waals surface area contributed by atoms with Gasteiger partial charge in [0.25, 0.3) is 10.0 Å². The van der Waals surface area contributed by atoms with Gasteiger partial charge in [0.2, 0.25) is 5.91 Å². The second kappa shape index (κ2) is 8.43. The number of anilines is 2. The molecule has 0 heterocycles. The van der Waals surface area contributed by atoms with Crippen LogP contribution in [0.3, 0.4) is 0 Å². The minimum atomic E-state index is -4.16. The van der Waals surface area contributed by atoms with E-state index in [1.54, 1.807) is 24.3 Å². The number of hydrogen-bond acceptors (Lipinski definition) is 4. The van der Waals surface area contributed by atoms with E-state index in [1.165, 1.54) is 38.1 Å². The summed E-state index contributed by atoms with van der Waals surface area (Å²) < 4.78 is 27.7. The SMILES string of the molecule is CC(=O)Nc1ccc(S(=O)(=O)N(c2ccccc2C(C)C)C(C)C(=O)O)cc1. The Bertz CT molecular complexity index is 968. The molecule has 0 radical (unpaired) electrons. The van der Waals surface area contributed by atoms with E-state index in [2.05, 4.69) is 5.32 Å². The van der Waals surface area contributed by atoms with Crippen molar-refractivity contribution in [2.75, 3.05) is 9.62 Å². The number of aliphatic carboxylic acids is 1. The van der Waals surface area contributed by atoms with Crippen LogP contribution in [0.15, 0.2) is 53.4 Å². The molecular formula is C20H24N2O5S. The van der Waals surface area contributed by atoms with Gasteiger partial charge in [-0.05, 0) is 48.7 Å². The first-order chi connectivity index (χ1) is 13.1. The molecule has 28 heavy (non-hydrogen) atoms. The van der Waals surface area contributed by atoms with E-state index in [0.29, 0.717) is 11.4 Å². The van der Waals surface area contributed by atoms with Gasteiger partial charge in [-0.3, -0.25) is 9.10 Å². The smallest absolute Gasteiger partial charge is 0.327 e. The van der Waals surface area contributed by atoms with E-state index in [-0.39, 0.29) is 16.7 Å². The number of sulfonamides is 1. The Morgan fingerprint density at radius 3 is 2.07 bits per heavy atom. The van der Waals surface area contributed by atoms with Gasteiger partial charge in [-0.25, -0.2) is 13.2 Å². The highest BCUT2D eigenvalue weighted by Crippen LogP contribution is 2.33. The van der Waals surface area contributed by atoms with Crippen molar-refractivity contribution in [2.45, 2.75) is 44.6 Å². The first kappa shape index (κ1) is 21.4. The van der Waals surface area contributed by atoms with Crippen molar-refractivity contribution in [1.82, 2.24) is 0 Å². The maximum atomic E-state index is 13.4. The fraction of sp³-hybridized carbons (Fsp3) is 0.300. The molecule has 0 aliphatic heterocycles. The van der Waals surface area contributed by atoms with Crippen LogP contribution in [0, 0.1) is 0 Å². The van der Waals surface area contributed by atoms with Crippen molar-refractivity contribution in [2.24, 2.45) is 0 Å². The summed E-state index contributed by atoms with van der Waals surface area (Å²) in [6, 6.07) is 11.2. The minimum absolute atomic E-state index is 0.00274. The van der Waals surface area contributed by atoms with Crippen molar-refractivity contribution >= 4 is 33.3 Å². The predicted octanol–water partition coefficient (Wildman–Crippen LogP) is 3.44. The van der Waals surface area contributed by atoms with Gasteiger partial charge in [0.1, 0.15) is 6.04 Å². The predicted molar refractivity (Wildman–Crippen MR) is 108 cm³/mol. The molecule has 2 rings (SSSR count). The summed E-state index contributed by atoms with van der Waals surface area (Å²) in [7, 11) is -4.16. The third-order valence-electron chi connectivity index (χ3n) is 4.24.